The van der Waals surface area contributed by atoms with Gasteiger partial charge in [0.25, 0.3) is 5.91 Å². The van der Waals surface area contributed by atoms with Crippen LogP contribution in [-0.4, -0.2) is 12.2 Å². The van der Waals surface area contributed by atoms with Crippen LogP contribution in [0.2, 0.25) is 0 Å². The standard InChI is InChI=1S/C4H5NO2S/c1-8-5-4(6)2-3-7-8/h2-3H,1H3/p+1. The van der Waals surface area contributed by atoms with Crippen LogP contribution in [0, 0.1) is 0 Å². The first kappa shape index (κ1) is 5.50. The molecule has 1 unspecified atom stereocenters. The molecule has 4 heteroatoms. The van der Waals surface area contributed by atoms with E-state index in [2.05, 4.69) is 4.72 Å². The number of hydrogen-bond acceptors (Lipinski definition) is 2. The molecule has 1 aliphatic heterocycles. The van der Waals surface area contributed by atoms with Crippen molar-refractivity contribution in [2.24, 2.45) is 0 Å². The van der Waals surface area contributed by atoms with Crippen LogP contribution in [0.5, 0.6) is 0 Å². The van der Waals surface area contributed by atoms with Crippen molar-refractivity contribution in [3.05, 3.63) is 12.3 Å². The summed E-state index contributed by atoms with van der Waals surface area (Å²) in [4.78, 5) is 10.4. The van der Waals surface area contributed by atoms with Crippen molar-refractivity contribution in [1.82, 2.24) is 4.72 Å². The molecule has 1 amide bonds. The Morgan fingerprint density at radius 3 is 3.00 bits per heavy atom. The smallest absolute Gasteiger partial charge is 0.266 e. The summed E-state index contributed by atoms with van der Waals surface area (Å²) in [5.41, 5.74) is 0. The van der Waals surface area contributed by atoms with Crippen LogP contribution < -0.4 is 4.72 Å². The van der Waals surface area contributed by atoms with E-state index in [1.165, 1.54) is 12.3 Å². The van der Waals surface area contributed by atoms with Crippen molar-refractivity contribution in [3.63, 3.8) is 0 Å². The molecule has 3 nitrogen and oxygen atoms in total. The third-order valence-corrected chi connectivity index (χ3v) is 1.55. The third-order valence-electron chi connectivity index (χ3n) is 0.664. The molecule has 0 aliphatic carbocycles. The minimum Gasteiger partial charge on any atom is -0.266 e. The predicted molar refractivity (Wildman–Crippen MR) is 31.7 cm³/mol. The van der Waals surface area contributed by atoms with Crippen molar-refractivity contribution >= 4 is 17.3 Å². The predicted octanol–water partition coefficient (Wildman–Crippen LogP) is -0.275. The summed E-state index contributed by atoms with van der Waals surface area (Å²) in [6.07, 6.45) is 4.55. The molecule has 1 rings (SSSR count). The molecule has 0 radical (unpaired) electrons. The molecule has 1 atom stereocenters. The molecular formula is C4H6NO2S+. The number of rotatable bonds is 0. The number of hydrogen-bond donors (Lipinski definition) is 1. The molecule has 1 aliphatic rings. The summed E-state index contributed by atoms with van der Waals surface area (Å²) >= 11 is -0.407. The molecule has 0 saturated carbocycles. The lowest BCUT2D eigenvalue weighted by atomic mass is 10.6. The van der Waals surface area contributed by atoms with Crippen LogP contribution >= 0.6 is 0 Å². The molecule has 1 N–H and O–H groups in total. The van der Waals surface area contributed by atoms with E-state index in [-0.39, 0.29) is 5.91 Å². The maximum atomic E-state index is 10.4. The molecule has 0 aromatic carbocycles. The fourth-order valence-electron chi connectivity index (χ4n) is 0.373. The van der Waals surface area contributed by atoms with Crippen LogP contribution in [0.3, 0.4) is 0 Å². The lowest BCUT2D eigenvalue weighted by Crippen LogP contribution is -2.31. The molecule has 0 aromatic rings. The van der Waals surface area contributed by atoms with E-state index in [9.17, 15) is 4.79 Å². The normalized spacial score (nSPS) is 26.6. The van der Waals surface area contributed by atoms with Gasteiger partial charge >= 0.3 is 11.4 Å². The van der Waals surface area contributed by atoms with Crippen molar-refractivity contribution in [2.75, 3.05) is 6.26 Å². The van der Waals surface area contributed by atoms with Crippen LogP contribution in [0.1, 0.15) is 0 Å². The molecule has 0 aromatic heterocycles. The van der Waals surface area contributed by atoms with Gasteiger partial charge in [0.2, 0.25) is 0 Å². The first-order valence-corrected chi connectivity index (χ1v) is 3.65. The first-order chi connectivity index (χ1) is 3.79. The lowest BCUT2D eigenvalue weighted by molar-refractivity contribution is -0.115. The molecule has 0 bridgehead atoms. The van der Waals surface area contributed by atoms with Gasteiger partial charge in [-0.25, -0.2) is 0 Å². The van der Waals surface area contributed by atoms with Crippen molar-refractivity contribution in [1.29, 1.82) is 0 Å². The lowest BCUT2D eigenvalue weighted by Gasteiger charge is -2.01. The van der Waals surface area contributed by atoms with Gasteiger partial charge in [-0.2, -0.15) is 0 Å². The van der Waals surface area contributed by atoms with E-state index in [4.69, 9.17) is 4.18 Å². The van der Waals surface area contributed by atoms with Crippen LogP contribution in [0.4, 0.5) is 0 Å². The Labute approximate surface area is 50.4 Å². The zero-order valence-corrected chi connectivity index (χ0v) is 5.20. The molecule has 0 saturated heterocycles. The average molecular weight is 132 g/mol. The zero-order chi connectivity index (χ0) is 5.98. The molecule has 1 heterocycles. The summed E-state index contributed by atoms with van der Waals surface area (Å²) in [6, 6.07) is 0. The van der Waals surface area contributed by atoms with E-state index >= 15 is 0 Å². The summed E-state index contributed by atoms with van der Waals surface area (Å²) in [7, 11) is 0. The summed E-state index contributed by atoms with van der Waals surface area (Å²) in [5, 5.41) is 0. The Balaban J connectivity index is 2.54. The Bertz CT molecular complexity index is 134. The van der Waals surface area contributed by atoms with Gasteiger partial charge in [0.15, 0.2) is 12.5 Å². The molecule has 44 valence electrons. The number of nitrogens with one attached hydrogen (secondary N) is 1. The van der Waals surface area contributed by atoms with Crippen LogP contribution in [0.25, 0.3) is 0 Å². The largest absolute Gasteiger partial charge is 0.313 e. The molecule has 0 spiro atoms. The average Bonchev–Trinajstić information content (AvgIpc) is 1.64. The quantitative estimate of drug-likeness (QED) is 0.460. The minimum atomic E-state index is -0.407. The highest BCUT2D eigenvalue weighted by atomic mass is 32.2. The van der Waals surface area contributed by atoms with Gasteiger partial charge in [-0.05, 0) is 0 Å². The second kappa shape index (κ2) is 2.09. The highest BCUT2D eigenvalue weighted by Crippen LogP contribution is 1.95. The number of carbonyl (C=O) groups is 1. The van der Waals surface area contributed by atoms with Crippen LogP contribution in [0.15, 0.2) is 12.3 Å². The van der Waals surface area contributed by atoms with E-state index in [1.807, 2.05) is 0 Å². The number of carbonyl (C=O) groups excluding carboxylic acids is 1. The monoisotopic (exact) mass is 132 g/mol. The summed E-state index contributed by atoms with van der Waals surface area (Å²) < 4.78 is 7.42. The zero-order valence-electron chi connectivity index (χ0n) is 4.38. The topological polar surface area (TPSA) is 38.3 Å². The third kappa shape index (κ3) is 1.16. The van der Waals surface area contributed by atoms with Gasteiger partial charge in [0.05, 0.1) is 0 Å². The van der Waals surface area contributed by atoms with Gasteiger partial charge in [-0.1, -0.05) is 0 Å². The van der Waals surface area contributed by atoms with Gasteiger partial charge in [0.1, 0.15) is 0 Å². The highest BCUT2D eigenvalue weighted by molar-refractivity contribution is 7.90. The van der Waals surface area contributed by atoms with Crippen molar-refractivity contribution in [3.8, 4) is 0 Å². The van der Waals surface area contributed by atoms with Gasteiger partial charge in [-0.3, -0.25) is 8.98 Å². The van der Waals surface area contributed by atoms with E-state index in [0.717, 1.165) is 0 Å². The maximum absolute atomic E-state index is 10.4. The fraction of sp³-hybridized carbons (Fsp3) is 0.250. The summed E-state index contributed by atoms with van der Waals surface area (Å²) in [5.74, 6) is -0.0814. The Hall–Kier alpha value is -0.640. The van der Waals surface area contributed by atoms with Crippen LogP contribution in [-0.2, 0) is 20.3 Å². The minimum absolute atomic E-state index is 0.0814. The fourth-order valence-corrected chi connectivity index (χ4v) is 0.994. The van der Waals surface area contributed by atoms with E-state index in [1.54, 1.807) is 6.26 Å². The van der Waals surface area contributed by atoms with Crippen molar-refractivity contribution in [2.45, 2.75) is 0 Å². The molecule has 0 fully saturated rings. The van der Waals surface area contributed by atoms with E-state index < -0.39 is 11.4 Å². The van der Waals surface area contributed by atoms with Gasteiger partial charge in [0, 0.05) is 6.08 Å². The molecular weight excluding hydrogens is 126 g/mol. The van der Waals surface area contributed by atoms with E-state index in [0.29, 0.717) is 0 Å². The SMILES string of the molecule is C[S+]1NC(=O)C=CO1. The second-order valence-corrected chi connectivity index (χ2v) is 2.62. The second-order valence-electron chi connectivity index (χ2n) is 1.32. The Kier molecular flexibility index (Phi) is 1.43. The Morgan fingerprint density at radius 1 is 1.88 bits per heavy atom. The molecule has 8 heavy (non-hydrogen) atoms. The van der Waals surface area contributed by atoms with Gasteiger partial charge in [-0.15, -0.1) is 4.72 Å². The summed E-state index contributed by atoms with van der Waals surface area (Å²) in [6.45, 7) is 0. The van der Waals surface area contributed by atoms with Gasteiger partial charge < -0.3 is 0 Å². The maximum Gasteiger partial charge on any atom is 0.313 e. The first-order valence-electron chi connectivity index (χ1n) is 2.09. The van der Waals surface area contributed by atoms with Crippen molar-refractivity contribution < 1.29 is 8.98 Å². The highest BCUT2D eigenvalue weighted by Gasteiger charge is 2.18. The Morgan fingerprint density at radius 2 is 2.62 bits per heavy atom. The number of amides is 1.